The Morgan fingerprint density at radius 3 is 2.19 bits per heavy atom. The van der Waals surface area contributed by atoms with Gasteiger partial charge in [0, 0.05) is 29.4 Å². The normalized spacial score (nSPS) is 28.5. The van der Waals surface area contributed by atoms with E-state index < -0.39 is 88.1 Å². The second kappa shape index (κ2) is 11.7. The fraction of sp³-hybridized carbons (Fsp3) is 0.571. The Labute approximate surface area is 247 Å². The topological polar surface area (TPSA) is 137 Å². The van der Waals surface area contributed by atoms with Crippen LogP contribution in [0.4, 0.5) is 22.0 Å². The van der Waals surface area contributed by atoms with Gasteiger partial charge in [-0.15, -0.1) is 5.10 Å². The van der Waals surface area contributed by atoms with Crippen molar-refractivity contribution in [3.05, 3.63) is 58.6 Å². The van der Waals surface area contributed by atoms with Gasteiger partial charge in [0.1, 0.15) is 11.7 Å². The number of benzene rings is 1. The molecule has 2 aliphatic rings. The number of hydrogen-bond acceptors (Lipinski definition) is 8. The second-order valence-electron chi connectivity index (χ2n) is 11.6. The molecule has 1 saturated carbocycles. The van der Waals surface area contributed by atoms with Crippen LogP contribution in [0, 0.1) is 38.2 Å². The van der Waals surface area contributed by atoms with E-state index in [0.29, 0.717) is 22.8 Å². The molecule has 15 heteroatoms. The van der Waals surface area contributed by atoms with E-state index in [1.165, 1.54) is 6.20 Å². The van der Waals surface area contributed by atoms with Gasteiger partial charge in [-0.3, -0.25) is 9.97 Å². The lowest BCUT2D eigenvalue weighted by Crippen LogP contribution is -2.53. The maximum Gasteiger partial charge on any atom is 0.248 e. The molecule has 43 heavy (non-hydrogen) atoms. The van der Waals surface area contributed by atoms with Gasteiger partial charge in [-0.25, -0.2) is 37.5 Å². The minimum absolute atomic E-state index is 0.0330. The summed E-state index contributed by atoms with van der Waals surface area (Å²) in [6, 6.07) is 0.315. The highest BCUT2D eigenvalue weighted by Gasteiger charge is 2.54. The number of nitrogens with zero attached hydrogens (tertiary/aromatic N) is 5. The molecule has 3 aromatic rings. The molecule has 2 aromatic heterocycles. The first-order valence-corrected chi connectivity index (χ1v) is 15.5. The van der Waals surface area contributed by atoms with E-state index in [2.05, 4.69) is 15.3 Å². The van der Waals surface area contributed by atoms with E-state index in [0.717, 1.165) is 16.8 Å². The quantitative estimate of drug-likeness (QED) is 0.159. The first kappa shape index (κ1) is 31.7. The van der Waals surface area contributed by atoms with Crippen molar-refractivity contribution in [2.75, 3.05) is 12.4 Å². The number of aliphatic hydroxyl groups excluding tert-OH is 3. The molecule has 1 aromatic carbocycles. The van der Waals surface area contributed by atoms with Gasteiger partial charge in [0.15, 0.2) is 17.5 Å². The number of aromatic nitrogens is 5. The SMILES string of the molecule is Cc1nc(C)c([C@@H]([SH]2C[C@H](O)[C@H](n3cc(-c4cc(F)c(F)c(F)c4)nn3)[C@@H](O)[C@H]2CO)C2(O)CCC(F)(F)CC2)nc1C. The van der Waals surface area contributed by atoms with Gasteiger partial charge in [-0.1, -0.05) is 5.21 Å². The lowest BCUT2D eigenvalue weighted by molar-refractivity contribution is -0.105. The highest BCUT2D eigenvalue weighted by Crippen LogP contribution is 2.61. The van der Waals surface area contributed by atoms with Gasteiger partial charge < -0.3 is 20.4 Å². The minimum Gasteiger partial charge on any atom is -0.395 e. The van der Waals surface area contributed by atoms with Crippen LogP contribution in [0.3, 0.4) is 0 Å². The summed E-state index contributed by atoms with van der Waals surface area (Å²) in [5.41, 5.74) is 0.243. The molecule has 1 saturated heterocycles. The summed E-state index contributed by atoms with van der Waals surface area (Å²) in [7, 11) is -1.71. The first-order valence-electron chi connectivity index (χ1n) is 13.9. The molecular weight excluding hydrogens is 597 g/mol. The molecule has 6 atom stereocenters. The fourth-order valence-corrected chi connectivity index (χ4v) is 9.97. The monoisotopic (exact) mass is 631 g/mol. The molecular formula is C28H34F5N5O4S. The molecule has 0 bridgehead atoms. The largest absolute Gasteiger partial charge is 0.395 e. The van der Waals surface area contributed by atoms with Crippen LogP contribution in [-0.4, -0.2) is 86.7 Å². The zero-order valence-corrected chi connectivity index (χ0v) is 24.6. The Kier molecular flexibility index (Phi) is 8.59. The number of aryl methyl sites for hydroxylation is 3. The summed E-state index contributed by atoms with van der Waals surface area (Å²) >= 11 is 0. The van der Waals surface area contributed by atoms with Gasteiger partial charge in [-0.05, 0) is 45.7 Å². The zero-order valence-electron chi connectivity index (χ0n) is 23.7. The van der Waals surface area contributed by atoms with Crippen LogP contribution in [0.2, 0.25) is 0 Å². The van der Waals surface area contributed by atoms with Crippen LogP contribution >= 0.6 is 10.9 Å². The number of thiol groups is 1. The van der Waals surface area contributed by atoms with E-state index in [4.69, 9.17) is 4.98 Å². The number of alkyl halides is 2. The molecule has 0 spiro atoms. The second-order valence-corrected chi connectivity index (χ2v) is 14.1. The van der Waals surface area contributed by atoms with Crippen molar-refractivity contribution in [3.63, 3.8) is 0 Å². The summed E-state index contributed by atoms with van der Waals surface area (Å²) < 4.78 is 70.7. The summed E-state index contributed by atoms with van der Waals surface area (Å²) in [5, 5.41) is 51.5. The predicted octanol–water partition coefficient (Wildman–Crippen LogP) is 3.40. The molecule has 0 radical (unpaired) electrons. The lowest BCUT2D eigenvalue weighted by atomic mass is 9.79. The summed E-state index contributed by atoms with van der Waals surface area (Å²) in [4.78, 5) is 9.25. The van der Waals surface area contributed by atoms with Crippen molar-refractivity contribution in [3.8, 4) is 11.3 Å². The third-order valence-electron chi connectivity index (χ3n) is 8.71. The van der Waals surface area contributed by atoms with Crippen LogP contribution < -0.4 is 0 Å². The van der Waals surface area contributed by atoms with Crippen LogP contribution in [-0.2, 0) is 0 Å². The van der Waals surface area contributed by atoms with E-state index in [9.17, 15) is 42.4 Å². The summed E-state index contributed by atoms with van der Waals surface area (Å²) in [5.74, 6) is -7.48. The summed E-state index contributed by atoms with van der Waals surface area (Å²) in [6.45, 7) is 4.64. The average Bonchev–Trinajstić information content (AvgIpc) is 3.42. The molecule has 4 N–H and O–H groups in total. The predicted molar refractivity (Wildman–Crippen MR) is 148 cm³/mol. The zero-order chi connectivity index (χ0) is 31.4. The molecule has 1 unspecified atom stereocenters. The van der Waals surface area contributed by atoms with E-state index >= 15 is 0 Å². The van der Waals surface area contributed by atoms with Crippen molar-refractivity contribution in [1.29, 1.82) is 0 Å². The van der Waals surface area contributed by atoms with Crippen molar-refractivity contribution in [1.82, 2.24) is 25.0 Å². The molecule has 3 heterocycles. The fourth-order valence-electron chi connectivity index (χ4n) is 6.25. The van der Waals surface area contributed by atoms with Crippen molar-refractivity contribution < 1.29 is 42.4 Å². The number of halogens is 5. The third kappa shape index (κ3) is 5.89. The third-order valence-corrected chi connectivity index (χ3v) is 12.2. The van der Waals surface area contributed by atoms with Gasteiger partial charge in [0.05, 0.1) is 58.6 Å². The van der Waals surface area contributed by atoms with Crippen molar-refractivity contribution in [2.45, 2.75) is 86.7 Å². The Hall–Kier alpha value is -2.72. The molecule has 0 amide bonds. The maximum atomic E-state index is 14.2. The number of rotatable bonds is 6. The van der Waals surface area contributed by atoms with Crippen LogP contribution in [0.1, 0.15) is 59.8 Å². The standard InChI is InChI=1S/C28H34F5N5O4S/c1-13-14(2)35-23(15(3)34-13)26(27(42)4-6-28(32,33)7-5-27)43-12-20(40)24(25(41)21(43)11-39)38-10-19(36-37-38)16-8-17(29)22(31)18(30)9-16/h8-10,20-21,24-26,39-43H,4-7,11-12H2,1-3H3/t20-,21+,24-,25-,26+/m0/s1. The maximum absolute atomic E-state index is 14.2. The van der Waals surface area contributed by atoms with Gasteiger partial charge >= 0.3 is 0 Å². The van der Waals surface area contributed by atoms with E-state index in [1.807, 2.05) is 0 Å². The van der Waals surface area contributed by atoms with E-state index in [-0.39, 0.29) is 29.9 Å². The smallest absolute Gasteiger partial charge is 0.248 e. The molecule has 236 valence electrons. The minimum atomic E-state index is -2.94. The molecule has 9 nitrogen and oxygen atoms in total. The molecule has 1 aliphatic heterocycles. The van der Waals surface area contributed by atoms with Gasteiger partial charge in [0.25, 0.3) is 0 Å². The van der Waals surface area contributed by atoms with Crippen LogP contribution in [0.5, 0.6) is 0 Å². The van der Waals surface area contributed by atoms with Gasteiger partial charge in [0.2, 0.25) is 5.92 Å². The Morgan fingerprint density at radius 1 is 0.977 bits per heavy atom. The first-order chi connectivity index (χ1) is 20.2. The molecule has 5 rings (SSSR count). The average molecular weight is 632 g/mol. The number of aliphatic hydroxyl groups is 4. The van der Waals surface area contributed by atoms with Crippen LogP contribution in [0.15, 0.2) is 18.3 Å². The Bertz CT molecular complexity index is 1480. The molecule has 2 fully saturated rings. The van der Waals surface area contributed by atoms with Crippen LogP contribution in [0.25, 0.3) is 11.3 Å². The van der Waals surface area contributed by atoms with Gasteiger partial charge in [-0.2, -0.15) is 0 Å². The Balaban J connectivity index is 1.52. The van der Waals surface area contributed by atoms with Crippen molar-refractivity contribution >= 4 is 10.9 Å². The summed E-state index contributed by atoms with van der Waals surface area (Å²) in [6.07, 6.45) is -3.12. The lowest BCUT2D eigenvalue weighted by Gasteiger charge is -2.53. The van der Waals surface area contributed by atoms with E-state index in [1.54, 1.807) is 20.8 Å². The van der Waals surface area contributed by atoms with Crippen molar-refractivity contribution in [2.24, 2.45) is 0 Å². The highest BCUT2D eigenvalue weighted by molar-refractivity contribution is 8.18. The molecule has 1 aliphatic carbocycles. The highest BCUT2D eigenvalue weighted by atomic mass is 32.2. The Morgan fingerprint density at radius 2 is 1.58 bits per heavy atom. The number of hydrogen-bond donors (Lipinski definition) is 5.